The van der Waals surface area contributed by atoms with Crippen molar-refractivity contribution in [1.82, 2.24) is 9.97 Å². The fourth-order valence-corrected chi connectivity index (χ4v) is 3.04. The summed E-state index contributed by atoms with van der Waals surface area (Å²) in [4.78, 5) is 11.2. The van der Waals surface area contributed by atoms with Crippen LogP contribution in [0.15, 0.2) is 12.3 Å². The van der Waals surface area contributed by atoms with Crippen LogP contribution in [0.4, 0.5) is 11.8 Å². The Morgan fingerprint density at radius 1 is 1.44 bits per heavy atom. The van der Waals surface area contributed by atoms with Crippen molar-refractivity contribution in [3.63, 3.8) is 0 Å². The molecule has 1 aromatic heterocycles. The van der Waals surface area contributed by atoms with E-state index in [1.54, 1.807) is 0 Å². The lowest BCUT2D eigenvalue weighted by molar-refractivity contribution is 0.745. The highest BCUT2D eigenvalue weighted by Gasteiger charge is 2.17. The first-order valence-electron chi connectivity index (χ1n) is 6.68. The molecule has 1 saturated heterocycles. The van der Waals surface area contributed by atoms with Crippen LogP contribution < -0.4 is 10.2 Å². The van der Waals surface area contributed by atoms with Gasteiger partial charge in [0.1, 0.15) is 5.82 Å². The van der Waals surface area contributed by atoms with E-state index < -0.39 is 0 Å². The summed E-state index contributed by atoms with van der Waals surface area (Å²) < 4.78 is 0. The summed E-state index contributed by atoms with van der Waals surface area (Å²) in [5, 5.41) is 3.98. The first-order valence-corrected chi connectivity index (χ1v) is 7.97. The van der Waals surface area contributed by atoms with E-state index in [-0.39, 0.29) is 0 Å². The lowest BCUT2D eigenvalue weighted by Gasteiger charge is -2.21. The first kappa shape index (κ1) is 13.5. The lowest BCUT2D eigenvalue weighted by atomic mass is 10.2. The molecule has 1 atom stereocenters. The summed E-state index contributed by atoms with van der Waals surface area (Å²) in [5.74, 6) is 1.79. The third kappa shape index (κ3) is 3.51. The second-order valence-electron chi connectivity index (χ2n) is 4.54. The topological polar surface area (TPSA) is 41.1 Å². The summed E-state index contributed by atoms with van der Waals surface area (Å²) in [6.07, 6.45) is 7.89. The molecule has 18 heavy (non-hydrogen) atoms. The second kappa shape index (κ2) is 6.83. The molecule has 1 unspecified atom stereocenters. The molecule has 1 aliphatic heterocycles. The highest BCUT2D eigenvalue weighted by molar-refractivity contribution is 7.99. The Labute approximate surface area is 114 Å². The molecule has 0 aliphatic carbocycles. The van der Waals surface area contributed by atoms with Gasteiger partial charge >= 0.3 is 0 Å². The Morgan fingerprint density at radius 3 is 3.11 bits per heavy atom. The number of rotatable bonds is 4. The number of hydrogen-bond donors (Lipinski definition) is 1. The van der Waals surface area contributed by atoms with Crippen molar-refractivity contribution in [2.24, 2.45) is 0 Å². The first-order chi connectivity index (χ1) is 8.83. The highest BCUT2D eigenvalue weighted by Crippen LogP contribution is 2.24. The maximum absolute atomic E-state index is 4.58. The predicted molar refractivity (Wildman–Crippen MR) is 79.6 cm³/mol. The van der Waals surface area contributed by atoms with Crippen LogP contribution in [0, 0.1) is 0 Å². The Kier molecular flexibility index (Phi) is 5.11. The van der Waals surface area contributed by atoms with Crippen LogP contribution in [-0.2, 0) is 0 Å². The summed E-state index contributed by atoms with van der Waals surface area (Å²) in [5.41, 5.74) is 0. The number of nitrogens with zero attached hydrogens (tertiary/aromatic N) is 3. The molecular formula is C13H22N4S. The smallest absolute Gasteiger partial charge is 0.224 e. The molecule has 100 valence electrons. The Hall–Kier alpha value is -0.970. The number of aromatic nitrogens is 2. The van der Waals surface area contributed by atoms with Gasteiger partial charge in [-0.15, -0.1) is 0 Å². The zero-order chi connectivity index (χ0) is 12.8. The number of nitrogens with one attached hydrogen (secondary N) is 1. The summed E-state index contributed by atoms with van der Waals surface area (Å²) in [6, 6.07) is 2.01. The lowest BCUT2D eigenvalue weighted by Crippen LogP contribution is -2.25. The van der Waals surface area contributed by atoms with Crippen molar-refractivity contribution < 1.29 is 0 Å². The predicted octanol–water partition coefficient (Wildman–Crippen LogP) is 2.63. The van der Waals surface area contributed by atoms with Crippen LogP contribution in [0.25, 0.3) is 0 Å². The van der Waals surface area contributed by atoms with Gasteiger partial charge in [-0.25, -0.2) is 4.98 Å². The molecule has 0 amide bonds. The van der Waals surface area contributed by atoms with Crippen LogP contribution in [-0.4, -0.2) is 41.1 Å². The van der Waals surface area contributed by atoms with E-state index in [0.29, 0.717) is 0 Å². The molecule has 5 heteroatoms. The van der Waals surface area contributed by atoms with E-state index in [9.17, 15) is 0 Å². The second-order valence-corrected chi connectivity index (χ2v) is 5.68. The molecule has 0 spiro atoms. The Morgan fingerprint density at radius 2 is 2.33 bits per heavy atom. The zero-order valence-corrected chi connectivity index (χ0v) is 12.0. The van der Waals surface area contributed by atoms with Gasteiger partial charge in [-0.1, -0.05) is 0 Å². The quantitative estimate of drug-likeness (QED) is 0.907. The Bertz CT molecular complexity index is 372. The van der Waals surface area contributed by atoms with Gasteiger partial charge in [0.05, 0.1) is 0 Å². The fraction of sp³-hybridized carbons (Fsp3) is 0.692. The minimum atomic E-state index is 0.737. The van der Waals surface area contributed by atoms with Crippen molar-refractivity contribution in [3.8, 4) is 0 Å². The minimum Gasteiger partial charge on any atom is -0.356 e. The molecule has 2 heterocycles. The van der Waals surface area contributed by atoms with Gasteiger partial charge in [0.15, 0.2) is 0 Å². The molecule has 1 fully saturated rings. The maximum Gasteiger partial charge on any atom is 0.224 e. The number of thioether (sulfide) groups is 1. The third-order valence-electron chi connectivity index (χ3n) is 3.31. The summed E-state index contributed by atoms with van der Waals surface area (Å²) >= 11 is 2.00. The molecule has 1 N–H and O–H groups in total. The molecule has 0 radical (unpaired) electrons. The zero-order valence-electron chi connectivity index (χ0n) is 11.2. The van der Waals surface area contributed by atoms with Gasteiger partial charge in [-0.2, -0.15) is 16.7 Å². The van der Waals surface area contributed by atoms with E-state index in [4.69, 9.17) is 0 Å². The monoisotopic (exact) mass is 266 g/mol. The van der Waals surface area contributed by atoms with E-state index >= 15 is 0 Å². The van der Waals surface area contributed by atoms with Crippen LogP contribution in [0.1, 0.15) is 26.2 Å². The molecule has 2 rings (SSSR count). The van der Waals surface area contributed by atoms with Crippen molar-refractivity contribution in [1.29, 1.82) is 0 Å². The van der Waals surface area contributed by atoms with Crippen molar-refractivity contribution >= 4 is 23.5 Å². The molecular weight excluding hydrogens is 244 g/mol. The molecule has 0 saturated carbocycles. The molecule has 0 aromatic carbocycles. The third-order valence-corrected chi connectivity index (χ3v) is 4.45. The van der Waals surface area contributed by atoms with Crippen LogP contribution in [0.2, 0.25) is 0 Å². The van der Waals surface area contributed by atoms with Gasteiger partial charge in [-0.05, 0) is 38.5 Å². The Balaban J connectivity index is 2.03. The van der Waals surface area contributed by atoms with E-state index in [1.807, 2.05) is 24.0 Å². The average Bonchev–Trinajstić information content (AvgIpc) is 2.65. The van der Waals surface area contributed by atoms with Gasteiger partial charge in [-0.3, -0.25) is 0 Å². The van der Waals surface area contributed by atoms with Gasteiger partial charge < -0.3 is 10.2 Å². The highest BCUT2D eigenvalue weighted by atomic mass is 32.2. The van der Waals surface area contributed by atoms with Crippen LogP contribution in [0.5, 0.6) is 0 Å². The van der Waals surface area contributed by atoms with Gasteiger partial charge in [0.25, 0.3) is 0 Å². The van der Waals surface area contributed by atoms with Gasteiger partial charge in [0.2, 0.25) is 5.95 Å². The van der Waals surface area contributed by atoms with Crippen molar-refractivity contribution in [3.05, 3.63) is 12.3 Å². The molecule has 1 aliphatic rings. The minimum absolute atomic E-state index is 0.737. The van der Waals surface area contributed by atoms with Crippen LogP contribution >= 0.6 is 11.8 Å². The fourth-order valence-electron chi connectivity index (χ4n) is 2.30. The molecule has 0 bridgehead atoms. The van der Waals surface area contributed by atoms with Crippen LogP contribution in [0.3, 0.4) is 0 Å². The van der Waals surface area contributed by atoms with E-state index in [1.165, 1.54) is 19.3 Å². The largest absolute Gasteiger partial charge is 0.356 e. The SMILES string of the molecule is CCNc1nccc(N2CCCC(SC)CC2)n1. The summed E-state index contributed by atoms with van der Waals surface area (Å²) in [7, 11) is 0. The summed E-state index contributed by atoms with van der Waals surface area (Å²) in [6.45, 7) is 5.14. The standard InChI is InChI=1S/C13H22N4S/c1-3-14-13-15-8-6-12(16-13)17-9-4-5-11(18-2)7-10-17/h6,8,11H,3-5,7,9-10H2,1-2H3,(H,14,15,16). The van der Waals surface area contributed by atoms with E-state index in [0.717, 1.165) is 36.7 Å². The molecule has 1 aromatic rings. The average molecular weight is 266 g/mol. The van der Waals surface area contributed by atoms with E-state index in [2.05, 4.69) is 33.4 Å². The normalized spacial score (nSPS) is 20.6. The van der Waals surface area contributed by atoms with Crippen molar-refractivity contribution in [2.45, 2.75) is 31.4 Å². The number of hydrogen-bond acceptors (Lipinski definition) is 5. The van der Waals surface area contributed by atoms with Crippen molar-refractivity contribution in [2.75, 3.05) is 36.1 Å². The van der Waals surface area contributed by atoms with Gasteiger partial charge in [0, 0.05) is 31.1 Å². The number of anilines is 2. The molecule has 4 nitrogen and oxygen atoms in total. The maximum atomic E-state index is 4.58.